The van der Waals surface area contributed by atoms with Crippen molar-refractivity contribution in [2.24, 2.45) is 5.92 Å². The van der Waals surface area contributed by atoms with Crippen molar-refractivity contribution in [2.75, 3.05) is 29.9 Å². The number of hydrogen-bond donors (Lipinski definition) is 1. The number of nitrogens with one attached hydrogen (secondary N) is 1. The molecule has 1 aromatic carbocycles. The van der Waals surface area contributed by atoms with Gasteiger partial charge in [0.05, 0.1) is 11.4 Å². The lowest BCUT2D eigenvalue weighted by molar-refractivity contribution is -0.139. The number of rotatable bonds is 4. The number of anilines is 2. The number of piperidine rings is 2. The van der Waals surface area contributed by atoms with Gasteiger partial charge in [-0.1, -0.05) is 18.2 Å². The zero-order chi connectivity index (χ0) is 22.0. The van der Waals surface area contributed by atoms with Gasteiger partial charge < -0.3 is 15.1 Å². The minimum atomic E-state index is -0.110. The molecular weight excluding hydrogens is 390 g/mol. The Kier molecular flexibility index (Phi) is 6.30. The van der Waals surface area contributed by atoms with E-state index < -0.39 is 0 Å². The molecule has 7 heteroatoms. The van der Waals surface area contributed by atoms with E-state index in [1.54, 1.807) is 0 Å². The van der Waals surface area contributed by atoms with Crippen molar-refractivity contribution in [3.63, 3.8) is 0 Å². The van der Waals surface area contributed by atoms with E-state index in [-0.39, 0.29) is 11.8 Å². The molecule has 2 saturated heterocycles. The van der Waals surface area contributed by atoms with Crippen LogP contribution in [0.1, 0.15) is 51.6 Å². The summed E-state index contributed by atoms with van der Waals surface area (Å²) in [7, 11) is 0. The topological polar surface area (TPSA) is 70.5 Å². The van der Waals surface area contributed by atoms with Gasteiger partial charge in [0.2, 0.25) is 11.8 Å². The van der Waals surface area contributed by atoms with Crippen LogP contribution in [0, 0.1) is 12.8 Å². The monoisotopic (exact) mass is 423 g/mol. The first kappa shape index (κ1) is 21.4. The fourth-order valence-electron chi connectivity index (χ4n) is 4.88. The number of nitrogens with zero attached hydrogens (tertiary/aromatic N) is 4. The average molecular weight is 424 g/mol. The van der Waals surface area contributed by atoms with Crippen molar-refractivity contribution in [3.05, 3.63) is 36.0 Å². The number of aryl methyl sites for hydroxylation is 1. The summed E-state index contributed by atoms with van der Waals surface area (Å²) in [6.45, 7) is 8.04. The molecule has 1 N–H and O–H groups in total. The molecular formula is C24H33N5O2. The van der Waals surface area contributed by atoms with Crippen molar-refractivity contribution >= 4 is 23.3 Å². The van der Waals surface area contributed by atoms with Gasteiger partial charge >= 0.3 is 0 Å². The summed E-state index contributed by atoms with van der Waals surface area (Å²) in [5.74, 6) is 1.19. The Morgan fingerprint density at radius 1 is 1.03 bits per heavy atom. The van der Waals surface area contributed by atoms with Crippen LogP contribution in [0.3, 0.4) is 0 Å². The molecule has 2 amide bonds. The number of aromatic nitrogens is 2. The predicted molar refractivity (Wildman–Crippen MR) is 123 cm³/mol. The lowest BCUT2D eigenvalue weighted by atomic mass is 9.93. The molecule has 0 saturated carbocycles. The Labute approximate surface area is 184 Å². The summed E-state index contributed by atoms with van der Waals surface area (Å²) >= 11 is 0. The minimum absolute atomic E-state index is 0.0789. The highest BCUT2D eigenvalue weighted by atomic mass is 16.2. The highest BCUT2D eigenvalue weighted by molar-refractivity contribution is 5.93. The van der Waals surface area contributed by atoms with Crippen molar-refractivity contribution in [3.8, 4) is 5.69 Å². The maximum atomic E-state index is 13.1. The molecule has 2 aromatic rings. The van der Waals surface area contributed by atoms with Crippen molar-refractivity contribution < 1.29 is 9.59 Å². The van der Waals surface area contributed by atoms with E-state index >= 15 is 0 Å². The first-order valence-electron chi connectivity index (χ1n) is 11.4. The molecule has 2 aliphatic heterocycles. The largest absolute Gasteiger partial charge is 0.355 e. The van der Waals surface area contributed by atoms with Crippen LogP contribution in [0.4, 0.5) is 11.5 Å². The van der Waals surface area contributed by atoms with Crippen LogP contribution in [0.15, 0.2) is 30.3 Å². The third kappa shape index (κ3) is 4.45. The molecule has 0 spiro atoms. The molecule has 0 aliphatic carbocycles. The van der Waals surface area contributed by atoms with Gasteiger partial charge in [0.15, 0.2) is 5.82 Å². The Morgan fingerprint density at radius 2 is 1.74 bits per heavy atom. The van der Waals surface area contributed by atoms with Crippen LogP contribution in [-0.2, 0) is 9.59 Å². The molecule has 1 atom stereocenters. The number of amides is 2. The maximum Gasteiger partial charge on any atom is 0.226 e. The fourth-order valence-corrected chi connectivity index (χ4v) is 4.88. The second-order valence-corrected chi connectivity index (χ2v) is 8.85. The molecule has 2 aliphatic rings. The van der Waals surface area contributed by atoms with E-state index in [1.807, 2.05) is 41.9 Å². The van der Waals surface area contributed by atoms with Crippen LogP contribution in [0.25, 0.3) is 5.69 Å². The van der Waals surface area contributed by atoms with Gasteiger partial charge in [-0.2, -0.15) is 5.10 Å². The zero-order valence-electron chi connectivity index (χ0n) is 18.8. The Hall–Kier alpha value is -2.83. The normalized spacial score (nSPS) is 20.0. The average Bonchev–Trinajstić information content (AvgIpc) is 3.10. The van der Waals surface area contributed by atoms with Crippen molar-refractivity contribution in [2.45, 2.75) is 58.9 Å². The van der Waals surface area contributed by atoms with E-state index in [0.717, 1.165) is 68.2 Å². The number of benzene rings is 1. The molecule has 0 bridgehead atoms. The van der Waals surface area contributed by atoms with E-state index in [0.29, 0.717) is 11.9 Å². The lowest BCUT2D eigenvalue weighted by Gasteiger charge is -2.39. The molecule has 7 nitrogen and oxygen atoms in total. The summed E-state index contributed by atoms with van der Waals surface area (Å²) < 4.78 is 1.91. The molecule has 3 heterocycles. The molecule has 1 aromatic heterocycles. The van der Waals surface area contributed by atoms with Crippen LogP contribution in [-0.4, -0.2) is 52.2 Å². The van der Waals surface area contributed by atoms with Crippen LogP contribution >= 0.6 is 0 Å². The summed E-state index contributed by atoms with van der Waals surface area (Å²) in [5, 5.41) is 7.71. The summed E-state index contributed by atoms with van der Waals surface area (Å²) in [6, 6.07) is 10.3. The lowest BCUT2D eigenvalue weighted by Crippen LogP contribution is -2.48. The van der Waals surface area contributed by atoms with Crippen LogP contribution in [0.2, 0.25) is 0 Å². The third-order valence-corrected chi connectivity index (χ3v) is 6.57. The van der Waals surface area contributed by atoms with Crippen LogP contribution in [0.5, 0.6) is 0 Å². The van der Waals surface area contributed by atoms with Crippen molar-refractivity contribution in [1.29, 1.82) is 0 Å². The van der Waals surface area contributed by atoms with Gasteiger partial charge in [0.1, 0.15) is 5.69 Å². The summed E-state index contributed by atoms with van der Waals surface area (Å²) in [6.07, 6.45) is 5.09. The maximum absolute atomic E-state index is 13.1. The Bertz CT molecular complexity index is 931. The molecule has 0 radical (unpaired) electrons. The first-order valence-corrected chi connectivity index (χ1v) is 11.4. The third-order valence-electron chi connectivity index (χ3n) is 6.57. The van der Waals surface area contributed by atoms with Gasteiger partial charge in [0, 0.05) is 38.5 Å². The summed E-state index contributed by atoms with van der Waals surface area (Å²) in [4.78, 5) is 29.4. The second kappa shape index (κ2) is 9.12. The van der Waals surface area contributed by atoms with Gasteiger partial charge in [-0.05, 0) is 58.1 Å². The van der Waals surface area contributed by atoms with Gasteiger partial charge in [0.25, 0.3) is 0 Å². The number of likely N-dealkylation sites (tertiary alicyclic amines) is 1. The zero-order valence-corrected chi connectivity index (χ0v) is 18.8. The van der Waals surface area contributed by atoms with E-state index in [2.05, 4.69) is 22.0 Å². The van der Waals surface area contributed by atoms with Crippen molar-refractivity contribution in [1.82, 2.24) is 14.7 Å². The molecule has 166 valence electrons. The standard InChI is InChI=1S/C24H33N5O2/c1-17-9-7-8-14-28(17)24(31)20-12-15-27(16-13-20)23-22(25-19(3)30)18(2)26-29(23)21-10-5-4-6-11-21/h4-6,10-11,17,20H,7-9,12-16H2,1-3H3,(H,25,30)/t17-/m1/s1. The fraction of sp³-hybridized carbons (Fsp3) is 0.542. The minimum Gasteiger partial charge on any atom is -0.355 e. The number of carbonyl (C=O) groups excluding carboxylic acids is 2. The Morgan fingerprint density at radius 3 is 2.39 bits per heavy atom. The quantitative estimate of drug-likeness (QED) is 0.813. The first-order chi connectivity index (χ1) is 15.0. The summed E-state index contributed by atoms with van der Waals surface area (Å²) in [5.41, 5.74) is 2.50. The van der Waals surface area contributed by atoms with E-state index in [4.69, 9.17) is 5.10 Å². The van der Waals surface area contributed by atoms with Gasteiger partial charge in [-0.3, -0.25) is 9.59 Å². The van der Waals surface area contributed by atoms with Crippen LogP contribution < -0.4 is 10.2 Å². The number of carbonyl (C=O) groups is 2. The molecule has 31 heavy (non-hydrogen) atoms. The second-order valence-electron chi connectivity index (χ2n) is 8.85. The smallest absolute Gasteiger partial charge is 0.226 e. The van der Waals surface area contributed by atoms with E-state index in [9.17, 15) is 9.59 Å². The molecule has 0 unspecified atom stereocenters. The van der Waals surface area contributed by atoms with Gasteiger partial charge in [-0.15, -0.1) is 0 Å². The predicted octanol–water partition coefficient (Wildman–Crippen LogP) is 3.76. The highest BCUT2D eigenvalue weighted by Gasteiger charge is 2.33. The Balaban J connectivity index is 1.56. The SMILES string of the molecule is CC(=O)Nc1c(C)nn(-c2ccccc2)c1N1CCC(C(=O)N2CCCC[C@H]2C)CC1. The van der Waals surface area contributed by atoms with E-state index in [1.165, 1.54) is 13.3 Å². The number of hydrogen-bond acceptors (Lipinski definition) is 4. The highest BCUT2D eigenvalue weighted by Crippen LogP contribution is 2.35. The van der Waals surface area contributed by atoms with Gasteiger partial charge in [-0.25, -0.2) is 4.68 Å². The molecule has 2 fully saturated rings. The number of para-hydroxylation sites is 1. The molecule has 4 rings (SSSR count).